The van der Waals surface area contributed by atoms with Gasteiger partial charge in [0.05, 0.1) is 5.02 Å². The molecule has 0 aromatic carbocycles. The van der Waals surface area contributed by atoms with Crippen molar-refractivity contribution in [1.82, 2.24) is 15.6 Å². The zero-order chi connectivity index (χ0) is 16.5. The van der Waals surface area contributed by atoms with Crippen molar-refractivity contribution in [2.75, 3.05) is 31.1 Å². The number of nitrogens with one attached hydrogen (secondary N) is 2. The second kappa shape index (κ2) is 11.7. The van der Waals surface area contributed by atoms with Gasteiger partial charge in [-0.3, -0.25) is 4.99 Å². The van der Waals surface area contributed by atoms with E-state index in [2.05, 4.69) is 39.4 Å². The maximum absolute atomic E-state index is 6.25. The van der Waals surface area contributed by atoms with Crippen molar-refractivity contribution >= 4 is 47.4 Å². The Kier molecular flexibility index (Phi) is 10.4. The summed E-state index contributed by atoms with van der Waals surface area (Å²) in [6.45, 7) is 7.93. The van der Waals surface area contributed by atoms with Crippen LogP contribution in [0.4, 0.5) is 5.82 Å². The summed E-state index contributed by atoms with van der Waals surface area (Å²) in [5.74, 6) is 1.80. The van der Waals surface area contributed by atoms with Gasteiger partial charge in [-0.15, -0.1) is 24.0 Å². The van der Waals surface area contributed by atoms with Crippen LogP contribution in [-0.2, 0) is 0 Å². The van der Waals surface area contributed by atoms with Crippen molar-refractivity contribution in [3.8, 4) is 0 Å². The molecule has 0 amide bonds. The lowest BCUT2D eigenvalue weighted by Gasteiger charge is -2.20. The van der Waals surface area contributed by atoms with Crippen LogP contribution < -0.4 is 15.5 Å². The molecule has 1 saturated heterocycles. The molecule has 0 bridgehead atoms. The third-order valence-electron chi connectivity index (χ3n) is 3.94. The van der Waals surface area contributed by atoms with Crippen LogP contribution in [0.25, 0.3) is 0 Å². The third-order valence-corrected chi connectivity index (χ3v) is 4.24. The molecule has 1 aromatic heterocycles. The summed E-state index contributed by atoms with van der Waals surface area (Å²) in [5.41, 5.74) is 0. The lowest BCUT2D eigenvalue weighted by molar-refractivity contribution is 0.644. The highest BCUT2D eigenvalue weighted by Crippen LogP contribution is 2.25. The van der Waals surface area contributed by atoms with E-state index in [4.69, 9.17) is 11.6 Å². The first-order valence-corrected chi connectivity index (χ1v) is 9.02. The molecular weight excluding hydrogens is 437 g/mol. The minimum atomic E-state index is 0. The normalized spacial score (nSPS) is 17.5. The van der Waals surface area contributed by atoms with E-state index in [0.29, 0.717) is 11.1 Å². The number of nitrogens with zero attached hydrogens (tertiary/aromatic N) is 3. The van der Waals surface area contributed by atoms with E-state index >= 15 is 0 Å². The van der Waals surface area contributed by atoms with Gasteiger partial charge in [-0.25, -0.2) is 4.98 Å². The summed E-state index contributed by atoms with van der Waals surface area (Å²) in [5, 5.41) is 7.59. The van der Waals surface area contributed by atoms with E-state index in [-0.39, 0.29) is 24.0 Å². The Morgan fingerprint density at radius 3 is 2.96 bits per heavy atom. The Morgan fingerprint density at radius 2 is 2.25 bits per heavy atom. The summed E-state index contributed by atoms with van der Waals surface area (Å²) in [6.07, 6.45) is 6.46. The summed E-state index contributed by atoms with van der Waals surface area (Å²) in [4.78, 5) is 11.3. The van der Waals surface area contributed by atoms with Crippen LogP contribution in [0.2, 0.25) is 5.02 Å². The molecule has 1 fully saturated rings. The summed E-state index contributed by atoms with van der Waals surface area (Å²) in [7, 11) is 0. The van der Waals surface area contributed by atoms with Crippen molar-refractivity contribution in [2.24, 2.45) is 4.99 Å². The summed E-state index contributed by atoms with van der Waals surface area (Å²) in [6, 6.07) is 4.13. The van der Waals surface area contributed by atoms with E-state index in [1.54, 1.807) is 6.20 Å². The number of unbranched alkanes of at least 4 members (excludes halogenated alkanes) is 2. The van der Waals surface area contributed by atoms with Crippen LogP contribution in [-0.4, -0.2) is 43.2 Å². The average Bonchev–Trinajstić information content (AvgIpc) is 3.00. The lowest BCUT2D eigenvalue weighted by Crippen LogP contribution is -2.44. The van der Waals surface area contributed by atoms with E-state index in [9.17, 15) is 0 Å². The Hall–Kier alpha value is -0.760. The highest BCUT2D eigenvalue weighted by Gasteiger charge is 2.25. The monoisotopic (exact) mass is 465 g/mol. The molecule has 2 N–H and O–H groups in total. The molecule has 0 radical (unpaired) electrons. The first kappa shape index (κ1) is 21.3. The average molecular weight is 466 g/mol. The van der Waals surface area contributed by atoms with Crippen molar-refractivity contribution in [1.29, 1.82) is 0 Å². The molecule has 0 saturated carbocycles. The van der Waals surface area contributed by atoms with E-state index in [1.165, 1.54) is 12.8 Å². The maximum atomic E-state index is 6.25. The zero-order valence-corrected chi connectivity index (χ0v) is 17.7. The quantitative estimate of drug-likeness (QED) is 0.279. The maximum Gasteiger partial charge on any atom is 0.191 e. The number of halogens is 2. The number of aromatic nitrogens is 1. The Balaban J connectivity index is 0.00000288. The van der Waals surface area contributed by atoms with Gasteiger partial charge in [-0.1, -0.05) is 31.4 Å². The van der Waals surface area contributed by atoms with E-state index < -0.39 is 0 Å². The molecule has 1 unspecified atom stereocenters. The minimum Gasteiger partial charge on any atom is -0.357 e. The van der Waals surface area contributed by atoms with Gasteiger partial charge < -0.3 is 15.5 Å². The van der Waals surface area contributed by atoms with E-state index in [1.807, 2.05) is 12.1 Å². The highest BCUT2D eigenvalue weighted by atomic mass is 127. The first-order valence-electron chi connectivity index (χ1n) is 8.64. The molecule has 5 nitrogen and oxygen atoms in total. The molecule has 0 spiro atoms. The second-order valence-corrected chi connectivity index (χ2v) is 6.26. The molecule has 24 heavy (non-hydrogen) atoms. The van der Waals surface area contributed by atoms with Gasteiger partial charge in [-0.05, 0) is 31.9 Å². The van der Waals surface area contributed by atoms with Crippen LogP contribution in [0.3, 0.4) is 0 Å². The van der Waals surface area contributed by atoms with Gasteiger partial charge in [-0.2, -0.15) is 0 Å². The third kappa shape index (κ3) is 6.63. The Morgan fingerprint density at radius 1 is 1.42 bits per heavy atom. The largest absolute Gasteiger partial charge is 0.357 e. The number of guanidine groups is 1. The van der Waals surface area contributed by atoms with Crippen molar-refractivity contribution in [2.45, 2.75) is 45.6 Å². The van der Waals surface area contributed by atoms with Gasteiger partial charge in [0.1, 0.15) is 5.82 Å². The van der Waals surface area contributed by atoms with Gasteiger partial charge in [0, 0.05) is 38.4 Å². The number of anilines is 1. The first-order chi connectivity index (χ1) is 11.2. The fraction of sp³-hybridized carbons (Fsp3) is 0.647. The van der Waals surface area contributed by atoms with Gasteiger partial charge >= 0.3 is 0 Å². The van der Waals surface area contributed by atoms with Gasteiger partial charge in [0.15, 0.2) is 5.96 Å². The standard InChI is InChI=1S/C17H28ClN5.HI/c1-3-5-6-10-21-17(19-4-2)22-14-9-12-23(13-14)16-15(18)8-7-11-20-16;/h7-8,11,14H,3-6,9-10,12-13H2,1-2H3,(H2,19,21,22);1H. The van der Waals surface area contributed by atoms with Crippen LogP contribution in [0.1, 0.15) is 39.5 Å². The lowest BCUT2D eigenvalue weighted by atomic mass is 10.2. The number of aliphatic imine (C=N–C) groups is 1. The van der Waals surface area contributed by atoms with Crippen molar-refractivity contribution < 1.29 is 0 Å². The summed E-state index contributed by atoms with van der Waals surface area (Å²) < 4.78 is 0. The molecule has 1 aliphatic rings. The molecule has 136 valence electrons. The zero-order valence-electron chi connectivity index (χ0n) is 14.6. The van der Waals surface area contributed by atoms with Crippen molar-refractivity contribution in [3.63, 3.8) is 0 Å². The molecule has 0 aliphatic carbocycles. The van der Waals surface area contributed by atoms with Crippen LogP contribution in [0, 0.1) is 0 Å². The summed E-state index contributed by atoms with van der Waals surface area (Å²) >= 11 is 6.25. The Labute approximate surface area is 167 Å². The molecule has 1 aliphatic heterocycles. The Bertz CT molecular complexity index is 512. The number of hydrogen-bond acceptors (Lipinski definition) is 3. The number of pyridine rings is 1. The molecule has 1 atom stereocenters. The van der Waals surface area contributed by atoms with Gasteiger partial charge in [0.25, 0.3) is 0 Å². The number of hydrogen-bond donors (Lipinski definition) is 2. The molecule has 7 heteroatoms. The molecular formula is C17H29ClIN5. The van der Waals surface area contributed by atoms with Crippen LogP contribution >= 0.6 is 35.6 Å². The second-order valence-electron chi connectivity index (χ2n) is 5.85. The fourth-order valence-corrected chi connectivity index (χ4v) is 2.99. The predicted octanol–water partition coefficient (Wildman–Crippen LogP) is 3.68. The van der Waals surface area contributed by atoms with Gasteiger partial charge in [0.2, 0.25) is 0 Å². The van der Waals surface area contributed by atoms with Crippen molar-refractivity contribution in [3.05, 3.63) is 23.4 Å². The van der Waals surface area contributed by atoms with E-state index in [0.717, 1.165) is 50.8 Å². The number of rotatable bonds is 7. The SMILES string of the molecule is CCCCCN=C(NCC)NC1CCN(c2ncccc2Cl)C1.I. The molecule has 2 heterocycles. The van der Waals surface area contributed by atoms with Crippen LogP contribution in [0.15, 0.2) is 23.3 Å². The predicted molar refractivity (Wildman–Crippen MR) is 114 cm³/mol. The smallest absolute Gasteiger partial charge is 0.191 e. The minimum absolute atomic E-state index is 0. The topological polar surface area (TPSA) is 52.6 Å². The van der Waals surface area contributed by atoms with Crippen LogP contribution in [0.5, 0.6) is 0 Å². The fourth-order valence-electron chi connectivity index (χ4n) is 2.75. The highest BCUT2D eigenvalue weighted by molar-refractivity contribution is 14.0. The molecule has 2 rings (SSSR count). The molecule has 1 aromatic rings.